The van der Waals surface area contributed by atoms with Crippen molar-refractivity contribution < 1.29 is 9.53 Å². The molecule has 0 atom stereocenters. The van der Waals surface area contributed by atoms with Crippen molar-refractivity contribution in [2.75, 3.05) is 0 Å². The number of aliphatic imine (C=N–C) groups is 1. The molecule has 5 heteroatoms. The van der Waals surface area contributed by atoms with Crippen LogP contribution in [0.3, 0.4) is 0 Å². The van der Waals surface area contributed by atoms with Gasteiger partial charge in [-0.05, 0) is 42.0 Å². The SMILES string of the molecule is Cc1ccc(N=Cc2no[n+]([O-])c2C)cc1C. The number of nitrogens with zero attached hydrogens (tertiary/aromatic N) is 3. The molecule has 0 radical (unpaired) electrons. The molecule has 5 nitrogen and oxygen atoms in total. The van der Waals surface area contributed by atoms with Crippen LogP contribution in [0.15, 0.2) is 27.8 Å². The average Bonchev–Trinajstić information content (AvgIpc) is 2.62. The highest BCUT2D eigenvalue weighted by Gasteiger charge is 2.10. The zero-order valence-corrected chi connectivity index (χ0v) is 9.97. The highest BCUT2D eigenvalue weighted by Crippen LogP contribution is 2.16. The maximum atomic E-state index is 11.0. The molecule has 0 bridgehead atoms. The zero-order chi connectivity index (χ0) is 12.4. The molecule has 0 N–H and O–H groups in total. The molecule has 1 aromatic carbocycles. The zero-order valence-electron chi connectivity index (χ0n) is 9.97. The molecule has 0 unspecified atom stereocenters. The topological polar surface area (TPSA) is 65.3 Å². The van der Waals surface area contributed by atoms with Gasteiger partial charge in [-0.2, -0.15) is 0 Å². The van der Waals surface area contributed by atoms with E-state index in [1.807, 2.05) is 32.0 Å². The summed E-state index contributed by atoms with van der Waals surface area (Å²) in [6, 6.07) is 5.90. The fourth-order valence-corrected chi connectivity index (χ4v) is 1.36. The highest BCUT2D eigenvalue weighted by atomic mass is 16.8. The number of hydrogen-bond donors (Lipinski definition) is 0. The van der Waals surface area contributed by atoms with Crippen molar-refractivity contribution in [3.8, 4) is 0 Å². The van der Waals surface area contributed by atoms with Gasteiger partial charge in [0.25, 0.3) is 5.69 Å². The van der Waals surface area contributed by atoms with Gasteiger partial charge in [-0.1, -0.05) is 6.07 Å². The van der Waals surface area contributed by atoms with Crippen LogP contribution in [0.4, 0.5) is 5.69 Å². The average molecular weight is 231 g/mol. The summed E-state index contributed by atoms with van der Waals surface area (Å²) in [5.74, 6) is 0. The van der Waals surface area contributed by atoms with Gasteiger partial charge in [0.1, 0.15) is 0 Å². The van der Waals surface area contributed by atoms with E-state index in [1.165, 1.54) is 17.3 Å². The van der Waals surface area contributed by atoms with Gasteiger partial charge in [-0.25, -0.2) is 0 Å². The first-order chi connectivity index (χ1) is 8.08. The Labute approximate surface area is 98.9 Å². The van der Waals surface area contributed by atoms with E-state index in [0.29, 0.717) is 16.3 Å². The van der Waals surface area contributed by atoms with E-state index in [-0.39, 0.29) is 0 Å². The molecule has 0 spiro atoms. The van der Waals surface area contributed by atoms with Gasteiger partial charge < -0.3 is 5.21 Å². The summed E-state index contributed by atoms with van der Waals surface area (Å²) in [7, 11) is 0. The summed E-state index contributed by atoms with van der Waals surface area (Å²) in [5, 5.41) is 14.6. The molecule has 0 fully saturated rings. The number of aryl methyl sites for hydroxylation is 2. The van der Waals surface area contributed by atoms with E-state index in [2.05, 4.69) is 14.8 Å². The lowest BCUT2D eigenvalue weighted by atomic mass is 10.1. The minimum absolute atomic E-state index is 0.363. The van der Waals surface area contributed by atoms with Crippen LogP contribution in [0.5, 0.6) is 0 Å². The van der Waals surface area contributed by atoms with Gasteiger partial charge in [0.2, 0.25) is 5.69 Å². The first kappa shape index (κ1) is 11.3. The monoisotopic (exact) mass is 231 g/mol. The van der Waals surface area contributed by atoms with Crippen molar-refractivity contribution in [1.29, 1.82) is 0 Å². The minimum Gasteiger partial charge on any atom is -0.359 e. The van der Waals surface area contributed by atoms with Crippen LogP contribution in [0.2, 0.25) is 0 Å². The van der Waals surface area contributed by atoms with Crippen LogP contribution < -0.4 is 4.90 Å². The Morgan fingerprint density at radius 3 is 2.65 bits per heavy atom. The third-order valence-corrected chi connectivity index (χ3v) is 2.68. The minimum atomic E-state index is 0.363. The molecule has 0 aliphatic carbocycles. The van der Waals surface area contributed by atoms with Crippen molar-refractivity contribution in [2.24, 2.45) is 4.99 Å². The van der Waals surface area contributed by atoms with Gasteiger partial charge in [0.05, 0.1) is 11.9 Å². The molecule has 0 saturated heterocycles. The van der Waals surface area contributed by atoms with Gasteiger partial charge >= 0.3 is 0 Å². The largest absolute Gasteiger partial charge is 0.359 e. The summed E-state index contributed by atoms with van der Waals surface area (Å²) in [4.78, 5) is 4.62. The van der Waals surface area contributed by atoms with Crippen LogP contribution in [0, 0.1) is 26.0 Å². The van der Waals surface area contributed by atoms with E-state index in [1.54, 1.807) is 6.92 Å². The van der Waals surface area contributed by atoms with Crippen molar-refractivity contribution in [3.05, 3.63) is 45.9 Å². The Morgan fingerprint density at radius 2 is 2.06 bits per heavy atom. The van der Waals surface area contributed by atoms with Crippen LogP contribution in [0.1, 0.15) is 22.5 Å². The number of benzene rings is 1. The second-order valence-corrected chi connectivity index (χ2v) is 3.93. The maximum Gasteiger partial charge on any atom is 0.262 e. The molecule has 17 heavy (non-hydrogen) atoms. The number of rotatable bonds is 2. The summed E-state index contributed by atoms with van der Waals surface area (Å²) >= 11 is 0. The predicted octanol–water partition coefficient (Wildman–Crippen LogP) is 1.98. The smallest absolute Gasteiger partial charge is 0.262 e. The highest BCUT2D eigenvalue weighted by molar-refractivity contribution is 5.80. The van der Waals surface area contributed by atoms with E-state index in [0.717, 1.165) is 5.69 Å². The fraction of sp³-hybridized carbons (Fsp3) is 0.250. The first-order valence-corrected chi connectivity index (χ1v) is 5.25. The lowest BCUT2D eigenvalue weighted by Gasteiger charge is -1.99. The van der Waals surface area contributed by atoms with Gasteiger partial charge in [0.15, 0.2) is 0 Å². The lowest BCUT2D eigenvalue weighted by Crippen LogP contribution is -2.26. The fourth-order valence-electron chi connectivity index (χ4n) is 1.36. The predicted molar refractivity (Wildman–Crippen MR) is 63.4 cm³/mol. The second kappa shape index (κ2) is 4.37. The Hall–Kier alpha value is -2.17. The second-order valence-electron chi connectivity index (χ2n) is 3.93. The van der Waals surface area contributed by atoms with Gasteiger partial charge in [-0.3, -0.25) is 9.62 Å². The van der Waals surface area contributed by atoms with E-state index < -0.39 is 0 Å². The summed E-state index contributed by atoms with van der Waals surface area (Å²) in [5.41, 5.74) is 4.07. The lowest BCUT2D eigenvalue weighted by molar-refractivity contribution is -0.806. The standard InChI is InChI=1S/C12H13N3O2/c1-8-4-5-11(6-9(8)2)13-7-12-10(3)15(16)17-14-12/h4-7H,1-3H3. The molecular formula is C12H13N3O2. The summed E-state index contributed by atoms with van der Waals surface area (Å²) in [6.07, 6.45) is 1.53. The molecule has 1 heterocycles. The van der Waals surface area contributed by atoms with E-state index in [9.17, 15) is 5.21 Å². The molecule has 2 rings (SSSR count). The van der Waals surface area contributed by atoms with Crippen molar-refractivity contribution in [3.63, 3.8) is 0 Å². The molecule has 0 saturated carbocycles. The number of aromatic nitrogens is 2. The Balaban J connectivity index is 2.26. The van der Waals surface area contributed by atoms with Crippen LogP contribution in [-0.4, -0.2) is 11.4 Å². The van der Waals surface area contributed by atoms with Crippen molar-refractivity contribution in [2.45, 2.75) is 20.8 Å². The van der Waals surface area contributed by atoms with Crippen LogP contribution in [-0.2, 0) is 0 Å². The van der Waals surface area contributed by atoms with E-state index in [4.69, 9.17) is 0 Å². The molecular weight excluding hydrogens is 218 g/mol. The molecule has 2 aromatic rings. The molecule has 0 aliphatic heterocycles. The van der Waals surface area contributed by atoms with Crippen molar-refractivity contribution in [1.82, 2.24) is 5.16 Å². The Bertz CT molecular complexity index is 573. The van der Waals surface area contributed by atoms with Crippen LogP contribution in [0.25, 0.3) is 0 Å². The molecule has 0 aliphatic rings. The summed E-state index contributed by atoms with van der Waals surface area (Å²) in [6.45, 7) is 5.71. The van der Waals surface area contributed by atoms with Crippen molar-refractivity contribution >= 4 is 11.9 Å². The molecule has 88 valence electrons. The third kappa shape index (κ3) is 2.33. The quantitative estimate of drug-likeness (QED) is 0.586. The van der Waals surface area contributed by atoms with Crippen LogP contribution >= 0.6 is 0 Å². The molecule has 1 aromatic heterocycles. The van der Waals surface area contributed by atoms with Gasteiger partial charge in [-0.15, -0.1) is 0 Å². The molecule has 0 amide bonds. The first-order valence-electron chi connectivity index (χ1n) is 5.25. The Kier molecular flexibility index (Phi) is 2.91. The normalized spacial score (nSPS) is 11.2. The number of hydrogen-bond acceptors (Lipinski definition) is 4. The third-order valence-electron chi connectivity index (χ3n) is 2.68. The van der Waals surface area contributed by atoms with Gasteiger partial charge in [0, 0.05) is 12.1 Å². The van der Waals surface area contributed by atoms with E-state index >= 15 is 0 Å². The summed E-state index contributed by atoms with van der Waals surface area (Å²) < 4.78 is 4.45. The maximum absolute atomic E-state index is 11.0. The Morgan fingerprint density at radius 1 is 1.29 bits per heavy atom.